The lowest BCUT2D eigenvalue weighted by atomic mass is 9.96. The highest BCUT2D eigenvalue weighted by Gasteiger charge is 2.29. The van der Waals surface area contributed by atoms with Crippen LogP contribution in [0.1, 0.15) is 24.5 Å². The van der Waals surface area contributed by atoms with Crippen LogP contribution in [0.4, 0.5) is 4.39 Å². The van der Waals surface area contributed by atoms with Crippen LogP contribution in [0.15, 0.2) is 42.9 Å². The molecule has 0 aliphatic carbocycles. The number of aromatic amines is 1. The monoisotopic (exact) mass is 469 g/mol. The van der Waals surface area contributed by atoms with Crippen molar-refractivity contribution >= 4 is 49.0 Å². The molecule has 0 spiro atoms. The summed E-state index contributed by atoms with van der Waals surface area (Å²) in [6.45, 7) is 0. The summed E-state index contributed by atoms with van der Waals surface area (Å²) in [5, 5.41) is 6.48. The van der Waals surface area contributed by atoms with Gasteiger partial charge in [-0.05, 0) is 37.1 Å². The average molecular weight is 470 g/mol. The third-order valence-corrected chi connectivity index (χ3v) is 8.16. The Morgan fingerprint density at radius 2 is 1.97 bits per heavy atom. The molecule has 0 bridgehead atoms. The highest BCUT2D eigenvalue weighted by Crippen LogP contribution is 2.38. The summed E-state index contributed by atoms with van der Waals surface area (Å²) in [6.07, 6.45) is 6.12. The van der Waals surface area contributed by atoms with Crippen LogP contribution >= 0.6 is 11.6 Å². The molecule has 0 saturated carbocycles. The number of sulfone groups is 1. The SMILES string of the molecule is O=S1(=O)CCC(c2nc3c(-c4cnc5ccc(F)cc5c4)cnn3c3[nH]cc(Cl)c23)CC1. The van der Waals surface area contributed by atoms with E-state index >= 15 is 0 Å². The van der Waals surface area contributed by atoms with Crippen LogP contribution in [0.3, 0.4) is 0 Å². The summed E-state index contributed by atoms with van der Waals surface area (Å²) < 4.78 is 39.3. The van der Waals surface area contributed by atoms with E-state index in [1.165, 1.54) is 12.1 Å². The zero-order chi connectivity index (χ0) is 22.0. The van der Waals surface area contributed by atoms with Gasteiger partial charge in [-0.1, -0.05) is 11.6 Å². The lowest BCUT2D eigenvalue weighted by Gasteiger charge is -2.22. The molecule has 0 amide bonds. The number of fused-ring (bicyclic) bond motifs is 4. The van der Waals surface area contributed by atoms with Gasteiger partial charge < -0.3 is 4.98 Å². The second kappa shape index (κ2) is 6.98. The maximum Gasteiger partial charge on any atom is 0.165 e. The van der Waals surface area contributed by atoms with E-state index in [-0.39, 0.29) is 23.2 Å². The van der Waals surface area contributed by atoms with Gasteiger partial charge in [0.2, 0.25) is 0 Å². The molecule has 1 aromatic carbocycles. The molecule has 5 heterocycles. The minimum atomic E-state index is -3.01. The van der Waals surface area contributed by atoms with E-state index < -0.39 is 9.84 Å². The van der Waals surface area contributed by atoms with Crippen LogP contribution in [0.2, 0.25) is 5.02 Å². The van der Waals surface area contributed by atoms with Crippen molar-refractivity contribution < 1.29 is 12.8 Å². The first kappa shape index (κ1) is 19.6. The van der Waals surface area contributed by atoms with Crippen molar-refractivity contribution in [3.05, 3.63) is 59.4 Å². The molecule has 5 aromatic rings. The van der Waals surface area contributed by atoms with Crippen molar-refractivity contribution in [3.63, 3.8) is 0 Å². The smallest absolute Gasteiger partial charge is 0.165 e. The number of pyridine rings is 1. The van der Waals surface area contributed by atoms with Crippen molar-refractivity contribution in [1.82, 2.24) is 24.6 Å². The molecule has 10 heteroatoms. The topological polar surface area (TPSA) is 93.0 Å². The maximum atomic E-state index is 13.7. The zero-order valence-electron chi connectivity index (χ0n) is 16.7. The van der Waals surface area contributed by atoms with E-state index in [1.807, 2.05) is 6.07 Å². The first-order valence-electron chi connectivity index (χ1n) is 10.2. The van der Waals surface area contributed by atoms with Crippen LogP contribution in [-0.2, 0) is 9.84 Å². The normalized spacial score (nSPS) is 16.9. The summed E-state index contributed by atoms with van der Waals surface area (Å²) in [5.74, 6) is -0.0710. The Labute approximate surface area is 187 Å². The number of rotatable bonds is 2. The third kappa shape index (κ3) is 3.07. The summed E-state index contributed by atoms with van der Waals surface area (Å²) in [4.78, 5) is 12.6. The fraction of sp³-hybridized carbons (Fsp3) is 0.227. The van der Waals surface area contributed by atoms with Crippen molar-refractivity contribution in [2.24, 2.45) is 0 Å². The molecule has 6 rings (SSSR count). The van der Waals surface area contributed by atoms with Gasteiger partial charge >= 0.3 is 0 Å². The number of aromatic nitrogens is 5. The fourth-order valence-electron chi connectivity index (χ4n) is 4.50. The van der Waals surface area contributed by atoms with Gasteiger partial charge in [0.15, 0.2) is 5.65 Å². The largest absolute Gasteiger partial charge is 0.344 e. The Kier molecular flexibility index (Phi) is 4.28. The van der Waals surface area contributed by atoms with Gasteiger partial charge in [-0.15, -0.1) is 0 Å². The average Bonchev–Trinajstić information content (AvgIpc) is 3.36. The second-order valence-electron chi connectivity index (χ2n) is 8.14. The molecule has 1 saturated heterocycles. The number of nitrogens with one attached hydrogen (secondary N) is 1. The van der Waals surface area contributed by atoms with Crippen molar-refractivity contribution in [1.29, 1.82) is 0 Å². The minimum Gasteiger partial charge on any atom is -0.344 e. The van der Waals surface area contributed by atoms with Gasteiger partial charge in [-0.3, -0.25) is 4.98 Å². The van der Waals surface area contributed by atoms with Gasteiger partial charge in [0, 0.05) is 34.8 Å². The standard InChI is InChI=1S/C22H17ClFN5O2S/c23-17-11-26-22-19(17)20(12-3-5-32(30,31)6-4-12)28-21-16(10-27-29(21)22)14-7-13-8-15(24)1-2-18(13)25-9-14/h1-2,7-12,26H,3-6H2. The number of nitrogens with zero attached hydrogens (tertiary/aromatic N) is 4. The van der Waals surface area contributed by atoms with Crippen molar-refractivity contribution in [2.45, 2.75) is 18.8 Å². The number of benzene rings is 1. The van der Waals surface area contributed by atoms with E-state index in [1.54, 1.807) is 29.2 Å². The number of hydrogen-bond donors (Lipinski definition) is 1. The Morgan fingerprint density at radius 1 is 1.16 bits per heavy atom. The van der Waals surface area contributed by atoms with Crippen LogP contribution in [0, 0.1) is 5.82 Å². The number of halogens is 2. The Bertz CT molecular complexity index is 1630. The predicted octanol–water partition coefficient (Wildman–Crippen LogP) is 4.51. The van der Waals surface area contributed by atoms with E-state index in [4.69, 9.17) is 16.6 Å². The fourth-order valence-corrected chi connectivity index (χ4v) is 6.23. The molecule has 1 N–H and O–H groups in total. The van der Waals surface area contributed by atoms with Crippen molar-refractivity contribution in [3.8, 4) is 11.1 Å². The van der Waals surface area contributed by atoms with Gasteiger partial charge in [0.1, 0.15) is 21.3 Å². The first-order chi connectivity index (χ1) is 15.4. The van der Waals surface area contributed by atoms with Crippen LogP contribution in [0.5, 0.6) is 0 Å². The number of hydrogen-bond acceptors (Lipinski definition) is 5. The van der Waals surface area contributed by atoms with Gasteiger partial charge in [0.25, 0.3) is 0 Å². The summed E-state index contributed by atoms with van der Waals surface area (Å²) >= 11 is 6.48. The quantitative estimate of drug-likeness (QED) is 0.410. The zero-order valence-corrected chi connectivity index (χ0v) is 18.3. The number of H-pyrrole nitrogens is 1. The lowest BCUT2D eigenvalue weighted by Crippen LogP contribution is -2.23. The molecule has 1 aliphatic heterocycles. The molecular weight excluding hydrogens is 453 g/mol. The summed E-state index contributed by atoms with van der Waals surface area (Å²) in [7, 11) is -3.01. The minimum absolute atomic E-state index is 0.0223. The molecule has 7 nitrogen and oxygen atoms in total. The highest BCUT2D eigenvalue weighted by atomic mass is 35.5. The van der Waals surface area contributed by atoms with E-state index in [0.717, 1.165) is 22.2 Å². The van der Waals surface area contributed by atoms with Crippen LogP contribution in [-0.4, -0.2) is 44.5 Å². The molecule has 0 unspecified atom stereocenters. The Hall–Kier alpha value is -3.04. The van der Waals surface area contributed by atoms with Crippen LogP contribution in [0.25, 0.3) is 38.7 Å². The molecule has 4 aromatic heterocycles. The van der Waals surface area contributed by atoms with Crippen molar-refractivity contribution in [2.75, 3.05) is 11.5 Å². The lowest BCUT2D eigenvalue weighted by molar-refractivity contribution is 0.546. The van der Waals surface area contributed by atoms with Gasteiger partial charge in [-0.25, -0.2) is 17.8 Å². The molecule has 32 heavy (non-hydrogen) atoms. The molecule has 1 fully saturated rings. The maximum absolute atomic E-state index is 13.7. The van der Waals surface area contributed by atoms with Crippen LogP contribution < -0.4 is 0 Å². The second-order valence-corrected chi connectivity index (χ2v) is 10.8. The predicted molar refractivity (Wildman–Crippen MR) is 121 cm³/mol. The van der Waals surface area contributed by atoms with E-state index in [0.29, 0.717) is 40.1 Å². The highest BCUT2D eigenvalue weighted by molar-refractivity contribution is 7.91. The van der Waals surface area contributed by atoms with Gasteiger partial charge in [-0.2, -0.15) is 9.61 Å². The summed E-state index contributed by atoms with van der Waals surface area (Å²) in [6, 6.07) is 6.33. The molecular formula is C22H17ClFN5O2S. The Balaban J connectivity index is 1.56. The molecule has 162 valence electrons. The molecule has 0 radical (unpaired) electrons. The van der Waals surface area contributed by atoms with E-state index in [2.05, 4.69) is 15.1 Å². The van der Waals surface area contributed by atoms with E-state index in [9.17, 15) is 12.8 Å². The first-order valence-corrected chi connectivity index (χ1v) is 12.4. The molecule has 1 aliphatic rings. The third-order valence-electron chi connectivity index (χ3n) is 6.15. The Morgan fingerprint density at radius 3 is 2.78 bits per heavy atom. The molecule has 0 atom stereocenters. The van der Waals surface area contributed by atoms with Gasteiger partial charge in [0.05, 0.1) is 39.3 Å². The summed E-state index contributed by atoms with van der Waals surface area (Å²) in [5.41, 5.74) is 4.30.